The molecular formula is C37H45O5P. The van der Waals surface area contributed by atoms with Crippen LogP contribution in [-0.4, -0.2) is 16.9 Å². The van der Waals surface area contributed by atoms with Gasteiger partial charge in [0.15, 0.2) is 0 Å². The second-order valence-electron chi connectivity index (χ2n) is 12.5. The first kappa shape index (κ1) is 32.2. The van der Waals surface area contributed by atoms with Gasteiger partial charge >= 0.3 is 7.60 Å². The second-order valence-corrected chi connectivity index (χ2v) is 14.4. The molecule has 228 valence electrons. The van der Waals surface area contributed by atoms with Gasteiger partial charge in [-0.25, -0.2) is 4.57 Å². The summed E-state index contributed by atoms with van der Waals surface area (Å²) in [5.41, 5.74) is 10.7. The van der Waals surface area contributed by atoms with E-state index in [1.54, 1.807) is 12.1 Å². The lowest BCUT2D eigenvalue weighted by Gasteiger charge is -2.20. The Morgan fingerprint density at radius 2 is 0.930 bits per heavy atom. The van der Waals surface area contributed by atoms with E-state index in [2.05, 4.69) is 39.8 Å². The summed E-state index contributed by atoms with van der Waals surface area (Å²) in [6.07, 6.45) is 1.46. The zero-order valence-electron chi connectivity index (χ0n) is 26.9. The van der Waals surface area contributed by atoms with Crippen LogP contribution in [-0.2, 0) is 17.4 Å². The summed E-state index contributed by atoms with van der Waals surface area (Å²) in [5, 5.41) is 20.4. The largest absolute Gasteiger partial charge is 0.508 e. The van der Waals surface area contributed by atoms with Crippen LogP contribution < -0.4 is 9.05 Å². The normalized spacial score (nSPS) is 11.8. The van der Waals surface area contributed by atoms with Crippen molar-refractivity contribution in [3.63, 3.8) is 0 Å². The van der Waals surface area contributed by atoms with E-state index in [1.807, 2.05) is 64.1 Å². The predicted molar refractivity (Wildman–Crippen MR) is 177 cm³/mol. The van der Waals surface area contributed by atoms with Crippen molar-refractivity contribution in [1.29, 1.82) is 0 Å². The lowest BCUT2D eigenvalue weighted by atomic mass is 9.93. The predicted octanol–water partition coefficient (Wildman–Crippen LogP) is 10.0. The highest BCUT2D eigenvalue weighted by Crippen LogP contribution is 2.46. The minimum Gasteiger partial charge on any atom is -0.508 e. The van der Waals surface area contributed by atoms with E-state index in [1.165, 1.54) is 17.8 Å². The van der Waals surface area contributed by atoms with E-state index >= 15 is 0 Å². The van der Waals surface area contributed by atoms with Crippen LogP contribution >= 0.6 is 7.60 Å². The van der Waals surface area contributed by atoms with Crippen molar-refractivity contribution >= 4 is 7.60 Å². The van der Waals surface area contributed by atoms with Gasteiger partial charge in [0.05, 0.1) is 6.66 Å². The van der Waals surface area contributed by atoms with Crippen molar-refractivity contribution in [3.8, 4) is 23.0 Å². The van der Waals surface area contributed by atoms with Crippen molar-refractivity contribution in [2.45, 2.75) is 80.1 Å². The molecule has 2 N–H and O–H groups in total. The fraction of sp³-hybridized carbons (Fsp3) is 0.351. The average molecular weight is 601 g/mol. The first-order valence-electron chi connectivity index (χ1n) is 14.9. The summed E-state index contributed by atoms with van der Waals surface area (Å²) in [6, 6.07) is 19.2. The lowest BCUT2D eigenvalue weighted by molar-refractivity contribution is 0.393. The van der Waals surface area contributed by atoms with Crippen molar-refractivity contribution in [2.24, 2.45) is 0 Å². The first-order valence-corrected chi connectivity index (χ1v) is 16.9. The molecule has 0 aliphatic heterocycles. The number of aromatic hydroxyl groups is 2. The Balaban J connectivity index is 1.49. The molecule has 0 radical (unpaired) electrons. The highest BCUT2D eigenvalue weighted by Gasteiger charge is 2.23. The first-order chi connectivity index (χ1) is 20.1. The van der Waals surface area contributed by atoms with Crippen LogP contribution in [0.5, 0.6) is 23.0 Å². The highest BCUT2D eigenvalue weighted by molar-refractivity contribution is 7.53. The number of aryl methyl sites for hydroxylation is 4. The topological polar surface area (TPSA) is 76.0 Å². The van der Waals surface area contributed by atoms with Crippen LogP contribution in [0.3, 0.4) is 0 Å². The van der Waals surface area contributed by atoms with E-state index in [4.69, 9.17) is 9.05 Å². The molecule has 0 unspecified atom stereocenters. The summed E-state index contributed by atoms with van der Waals surface area (Å²) in [5.74, 6) is 2.14. The van der Waals surface area contributed by atoms with Gasteiger partial charge < -0.3 is 19.3 Å². The fourth-order valence-corrected chi connectivity index (χ4v) is 6.75. The third-order valence-corrected chi connectivity index (χ3v) is 9.16. The maximum Gasteiger partial charge on any atom is 0.427 e. The van der Waals surface area contributed by atoms with E-state index in [9.17, 15) is 14.8 Å². The van der Waals surface area contributed by atoms with Crippen LogP contribution in [0.4, 0.5) is 0 Å². The lowest BCUT2D eigenvalue weighted by Crippen LogP contribution is -2.03. The monoisotopic (exact) mass is 600 g/mol. The Hall–Kier alpha value is -3.69. The van der Waals surface area contributed by atoms with E-state index in [0.29, 0.717) is 23.0 Å². The van der Waals surface area contributed by atoms with Crippen molar-refractivity contribution in [3.05, 3.63) is 116 Å². The quantitative estimate of drug-likeness (QED) is 0.177. The fourth-order valence-electron chi connectivity index (χ4n) is 5.73. The molecule has 4 aromatic carbocycles. The Morgan fingerprint density at radius 3 is 1.23 bits per heavy atom. The molecule has 0 fully saturated rings. The number of hydrogen-bond donors (Lipinski definition) is 2. The van der Waals surface area contributed by atoms with Crippen molar-refractivity contribution in [2.75, 3.05) is 6.66 Å². The number of hydrogen-bond acceptors (Lipinski definition) is 5. The smallest absolute Gasteiger partial charge is 0.427 e. The van der Waals surface area contributed by atoms with Crippen LogP contribution in [0.2, 0.25) is 0 Å². The van der Waals surface area contributed by atoms with Gasteiger partial charge in [-0.15, -0.1) is 0 Å². The van der Waals surface area contributed by atoms with Gasteiger partial charge in [0, 0.05) is 0 Å². The maximum atomic E-state index is 13.5. The summed E-state index contributed by atoms with van der Waals surface area (Å²) in [6.45, 7) is 17.9. The average Bonchev–Trinajstić information content (AvgIpc) is 2.89. The number of phenolic OH excluding ortho intramolecular Hbond substituents is 2. The Labute approximate surface area is 257 Å². The highest BCUT2D eigenvalue weighted by atomic mass is 31.2. The Bertz CT molecular complexity index is 1520. The molecule has 0 bridgehead atoms. The van der Waals surface area contributed by atoms with Gasteiger partial charge in [-0.05, 0) is 144 Å². The Kier molecular flexibility index (Phi) is 9.66. The molecule has 0 aromatic heterocycles. The molecular weight excluding hydrogens is 555 g/mol. The molecule has 43 heavy (non-hydrogen) atoms. The summed E-state index contributed by atoms with van der Waals surface area (Å²) >= 11 is 0. The minimum absolute atomic E-state index is 0.234. The summed E-state index contributed by atoms with van der Waals surface area (Å²) < 4.78 is 25.5. The third kappa shape index (κ3) is 7.83. The number of phenols is 2. The molecule has 0 aliphatic carbocycles. The molecule has 5 nitrogen and oxygen atoms in total. The molecule has 0 aliphatic rings. The van der Waals surface area contributed by atoms with E-state index in [-0.39, 0.29) is 11.8 Å². The molecule has 4 rings (SSSR count). The molecule has 0 saturated heterocycles. The molecule has 0 amide bonds. The van der Waals surface area contributed by atoms with Gasteiger partial charge in [-0.3, -0.25) is 0 Å². The summed E-state index contributed by atoms with van der Waals surface area (Å²) in [4.78, 5) is 0. The van der Waals surface area contributed by atoms with Gasteiger partial charge in [-0.2, -0.15) is 0 Å². The van der Waals surface area contributed by atoms with E-state index < -0.39 is 7.60 Å². The van der Waals surface area contributed by atoms with Gasteiger partial charge in [-0.1, -0.05) is 52.0 Å². The molecule has 0 heterocycles. The SMILES string of the molecule is Cc1cc(OP(C)(=O)Oc2cc(C)c(Cc3ccc(O)c(C(C)C)c3)c(C)c2)cc(C)c1Cc1ccc(O)c(C(C)C)c1. The minimum atomic E-state index is -3.48. The maximum absolute atomic E-state index is 13.5. The van der Waals surface area contributed by atoms with Crippen LogP contribution in [0, 0.1) is 27.7 Å². The zero-order valence-corrected chi connectivity index (χ0v) is 27.8. The second kappa shape index (κ2) is 12.9. The molecule has 0 saturated carbocycles. The van der Waals surface area contributed by atoms with Gasteiger partial charge in [0.1, 0.15) is 23.0 Å². The van der Waals surface area contributed by atoms with Crippen molar-refractivity contribution in [1.82, 2.24) is 0 Å². The molecule has 0 spiro atoms. The molecule has 6 heteroatoms. The summed E-state index contributed by atoms with van der Waals surface area (Å²) in [7, 11) is -3.48. The molecule has 0 atom stereocenters. The Morgan fingerprint density at radius 1 is 0.605 bits per heavy atom. The van der Waals surface area contributed by atoms with E-state index in [0.717, 1.165) is 57.3 Å². The third-order valence-electron chi connectivity index (χ3n) is 8.07. The van der Waals surface area contributed by atoms with Crippen LogP contribution in [0.1, 0.15) is 95.2 Å². The standard InChI is InChI=1S/C37H45O5P/c1-22(2)32-18-28(10-12-36(32)38)20-34-24(5)14-30(15-25(34)6)41-43(9,40)42-31-16-26(7)35(27(8)17-31)21-29-11-13-37(39)33(19-29)23(3)4/h10-19,22-23,38-39H,20-21H2,1-9H3. The molecule has 4 aromatic rings. The van der Waals surface area contributed by atoms with Crippen LogP contribution in [0.15, 0.2) is 60.7 Å². The zero-order chi connectivity index (χ0) is 31.6. The van der Waals surface area contributed by atoms with Crippen molar-refractivity contribution < 1.29 is 23.8 Å². The van der Waals surface area contributed by atoms with Gasteiger partial charge in [0.25, 0.3) is 0 Å². The van der Waals surface area contributed by atoms with Crippen LogP contribution in [0.25, 0.3) is 0 Å². The number of rotatable bonds is 10. The van der Waals surface area contributed by atoms with Gasteiger partial charge in [0.2, 0.25) is 0 Å². The number of benzene rings is 4.